The van der Waals surface area contributed by atoms with Gasteiger partial charge in [0, 0.05) is 13.7 Å². The highest BCUT2D eigenvalue weighted by Crippen LogP contribution is 2.31. The van der Waals surface area contributed by atoms with Gasteiger partial charge in [-0.1, -0.05) is 20.8 Å². The van der Waals surface area contributed by atoms with Crippen molar-refractivity contribution in [3.8, 4) is 5.75 Å². The minimum absolute atomic E-state index is 0.208. The van der Waals surface area contributed by atoms with Gasteiger partial charge in [0.05, 0.1) is 19.4 Å². The molecule has 1 N–H and O–H groups in total. The minimum Gasteiger partial charge on any atom is -0.493 e. The van der Waals surface area contributed by atoms with E-state index in [1.165, 1.54) is 0 Å². The molecule has 0 fully saturated rings. The number of rotatable bonds is 7. The molecule has 1 aromatic heterocycles. The van der Waals surface area contributed by atoms with E-state index in [9.17, 15) is 5.11 Å². The average molecular weight is 256 g/mol. The van der Waals surface area contributed by atoms with Gasteiger partial charge in [0.15, 0.2) is 5.75 Å². The van der Waals surface area contributed by atoms with E-state index in [-0.39, 0.29) is 12.0 Å². The molecule has 18 heavy (non-hydrogen) atoms. The molecule has 0 amide bonds. The summed E-state index contributed by atoms with van der Waals surface area (Å²) in [6.07, 6.45) is 1.58. The van der Waals surface area contributed by atoms with E-state index in [1.54, 1.807) is 25.1 Å². The molecule has 2 atom stereocenters. The van der Waals surface area contributed by atoms with Gasteiger partial charge in [0.25, 0.3) is 0 Å². The lowest BCUT2D eigenvalue weighted by molar-refractivity contribution is -0.0436. The van der Waals surface area contributed by atoms with Gasteiger partial charge in [-0.3, -0.25) is 4.68 Å². The van der Waals surface area contributed by atoms with Crippen LogP contribution < -0.4 is 4.74 Å². The third kappa shape index (κ3) is 3.03. The predicted molar refractivity (Wildman–Crippen MR) is 69.7 cm³/mol. The lowest BCUT2D eigenvalue weighted by atomic mass is 9.99. The first-order valence-electron chi connectivity index (χ1n) is 6.37. The highest BCUT2D eigenvalue weighted by molar-refractivity contribution is 5.28. The van der Waals surface area contributed by atoms with E-state index in [1.807, 2.05) is 13.8 Å². The van der Waals surface area contributed by atoms with Gasteiger partial charge in [0.1, 0.15) is 11.8 Å². The lowest BCUT2D eigenvalue weighted by Crippen LogP contribution is -2.28. The topological polar surface area (TPSA) is 56.5 Å². The van der Waals surface area contributed by atoms with E-state index in [0.29, 0.717) is 11.4 Å². The Hall–Kier alpha value is -1.07. The van der Waals surface area contributed by atoms with Crippen LogP contribution in [0.5, 0.6) is 5.75 Å². The smallest absolute Gasteiger partial charge is 0.162 e. The van der Waals surface area contributed by atoms with Crippen molar-refractivity contribution < 1.29 is 14.6 Å². The van der Waals surface area contributed by atoms with Crippen LogP contribution in [0.1, 0.15) is 39.0 Å². The van der Waals surface area contributed by atoms with Crippen molar-refractivity contribution in [2.75, 3.05) is 14.2 Å². The van der Waals surface area contributed by atoms with Crippen molar-refractivity contribution in [1.29, 1.82) is 0 Å². The highest BCUT2D eigenvalue weighted by atomic mass is 16.5. The number of hydrogen-bond acceptors (Lipinski definition) is 4. The number of nitrogens with zero attached hydrogens (tertiary/aromatic N) is 2. The van der Waals surface area contributed by atoms with Crippen LogP contribution in [-0.2, 0) is 11.3 Å². The standard InChI is InChI=1S/C13H24N2O3/c1-6-7-15-11(10(17-4)8-14-15)12(16)13(18-5)9(2)3/h8-9,12-13,16H,6-7H2,1-5H3. The molecule has 1 rings (SSSR count). The number of ether oxygens (including phenoxy) is 2. The van der Waals surface area contributed by atoms with E-state index >= 15 is 0 Å². The van der Waals surface area contributed by atoms with Gasteiger partial charge < -0.3 is 14.6 Å². The van der Waals surface area contributed by atoms with Gasteiger partial charge >= 0.3 is 0 Å². The normalized spacial score (nSPS) is 14.8. The Balaban J connectivity index is 3.08. The number of aliphatic hydroxyl groups excluding tert-OH is 1. The van der Waals surface area contributed by atoms with E-state index in [2.05, 4.69) is 12.0 Å². The molecule has 0 aliphatic carbocycles. The summed E-state index contributed by atoms with van der Waals surface area (Å²) in [6.45, 7) is 6.86. The maximum atomic E-state index is 10.5. The molecule has 1 heterocycles. The second kappa shape index (κ2) is 6.75. The molecule has 0 aromatic carbocycles. The van der Waals surface area contributed by atoms with Crippen LogP contribution in [0, 0.1) is 5.92 Å². The first-order valence-corrected chi connectivity index (χ1v) is 6.37. The third-order valence-electron chi connectivity index (χ3n) is 3.02. The Morgan fingerprint density at radius 1 is 1.39 bits per heavy atom. The number of aliphatic hydroxyl groups is 1. The van der Waals surface area contributed by atoms with Crippen molar-refractivity contribution >= 4 is 0 Å². The second-order valence-electron chi connectivity index (χ2n) is 4.71. The summed E-state index contributed by atoms with van der Waals surface area (Å²) in [4.78, 5) is 0. The number of hydrogen-bond donors (Lipinski definition) is 1. The molecule has 5 heteroatoms. The first-order chi connectivity index (χ1) is 8.56. The maximum absolute atomic E-state index is 10.5. The summed E-state index contributed by atoms with van der Waals surface area (Å²) in [5.41, 5.74) is 0.694. The Bertz CT molecular complexity index is 363. The van der Waals surface area contributed by atoms with Gasteiger partial charge in [0.2, 0.25) is 0 Å². The highest BCUT2D eigenvalue weighted by Gasteiger charge is 2.29. The SMILES string of the molecule is CCCn1ncc(OC)c1C(O)C(OC)C(C)C. The summed E-state index contributed by atoms with van der Waals surface area (Å²) >= 11 is 0. The van der Waals surface area contributed by atoms with Crippen molar-refractivity contribution in [2.24, 2.45) is 5.92 Å². The minimum atomic E-state index is -0.737. The van der Waals surface area contributed by atoms with Gasteiger partial charge in [-0.15, -0.1) is 0 Å². The van der Waals surface area contributed by atoms with E-state index < -0.39 is 6.10 Å². The van der Waals surface area contributed by atoms with Crippen LogP contribution >= 0.6 is 0 Å². The van der Waals surface area contributed by atoms with Crippen molar-refractivity contribution in [2.45, 2.75) is 45.9 Å². The molecule has 0 saturated carbocycles. The molecule has 0 aliphatic rings. The number of aromatic nitrogens is 2. The maximum Gasteiger partial charge on any atom is 0.162 e. The number of methoxy groups -OCH3 is 2. The van der Waals surface area contributed by atoms with Gasteiger partial charge in [-0.25, -0.2) is 0 Å². The molecule has 1 aromatic rings. The molecule has 2 unspecified atom stereocenters. The van der Waals surface area contributed by atoms with Crippen LogP contribution in [0.25, 0.3) is 0 Å². The fourth-order valence-corrected chi connectivity index (χ4v) is 2.14. The van der Waals surface area contributed by atoms with E-state index in [4.69, 9.17) is 9.47 Å². The molecule has 0 spiro atoms. The Kier molecular flexibility index (Phi) is 5.62. The fraction of sp³-hybridized carbons (Fsp3) is 0.769. The monoisotopic (exact) mass is 256 g/mol. The van der Waals surface area contributed by atoms with Crippen molar-refractivity contribution in [3.63, 3.8) is 0 Å². The Morgan fingerprint density at radius 2 is 2.06 bits per heavy atom. The first kappa shape index (κ1) is 15.0. The van der Waals surface area contributed by atoms with Crippen LogP contribution in [0.4, 0.5) is 0 Å². The quantitative estimate of drug-likeness (QED) is 0.810. The largest absolute Gasteiger partial charge is 0.493 e. The summed E-state index contributed by atoms with van der Waals surface area (Å²) in [5.74, 6) is 0.818. The van der Waals surface area contributed by atoms with Crippen LogP contribution in [-0.4, -0.2) is 35.2 Å². The summed E-state index contributed by atoms with van der Waals surface area (Å²) < 4.78 is 12.4. The molecular formula is C13H24N2O3. The van der Waals surface area contributed by atoms with Crippen LogP contribution in [0.2, 0.25) is 0 Å². The third-order valence-corrected chi connectivity index (χ3v) is 3.02. The average Bonchev–Trinajstić information content (AvgIpc) is 2.72. The molecular weight excluding hydrogens is 232 g/mol. The molecule has 5 nitrogen and oxygen atoms in total. The summed E-state index contributed by atoms with van der Waals surface area (Å²) in [6, 6.07) is 0. The molecule has 0 bridgehead atoms. The van der Waals surface area contributed by atoms with E-state index in [0.717, 1.165) is 13.0 Å². The van der Waals surface area contributed by atoms with Crippen molar-refractivity contribution in [1.82, 2.24) is 9.78 Å². The van der Waals surface area contributed by atoms with Gasteiger partial charge in [-0.2, -0.15) is 5.10 Å². The molecule has 0 saturated heterocycles. The van der Waals surface area contributed by atoms with Crippen LogP contribution in [0.15, 0.2) is 6.20 Å². The van der Waals surface area contributed by atoms with Gasteiger partial charge in [-0.05, 0) is 12.3 Å². The molecule has 0 aliphatic heterocycles. The van der Waals surface area contributed by atoms with Crippen LogP contribution in [0.3, 0.4) is 0 Å². The fourth-order valence-electron chi connectivity index (χ4n) is 2.14. The van der Waals surface area contributed by atoms with Crippen molar-refractivity contribution in [3.05, 3.63) is 11.9 Å². The zero-order valence-corrected chi connectivity index (χ0v) is 11.9. The lowest BCUT2D eigenvalue weighted by Gasteiger charge is -2.26. The summed E-state index contributed by atoms with van der Waals surface area (Å²) in [5, 5.41) is 14.7. The predicted octanol–water partition coefficient (Wildman–Crippen LogP) is 2.01. The zero-order valence-electron chi connectivity index (χ0n) is 11.9. The second-order valence-corrected chi connectivity index (χ2v) is 4.71. The Morgan fingerprint density at radius 3 is 2.50 bits per heavy atom. The Labute approximate surface area is 109 Å². The molecule has 104 valence electrons. The molecule has 0 radical (unpaired) electrons. The zero-order chi connectivity index (χ0) is 13.7. The number of aryl methyl sites for hydroxylation is 1. The summed E-state index contributed by atoms with van der Waals surface area (Å²) in [7, 11) is 3.20.